The van der Waals surface area contributed by atoms with Crippen LogP contribution >= 0.6 is 0 Å². The van der Waals surface area contributed by atoms with Crippen molar-refractivity contribution in [3.63, 3.8) is 0 Å². The van der Waals surface area contributed by atoms with Gasteiger partial charge in [0.15, 0.2) is 0 Å². The van der Waals surface area contributed by atoms with Crippen LogP contribution in [0.2, 0.25) is 0 Å². The lowest BCUT2D eigenvalue weighted by atomic mass is 10.0. The number of alkyl carbamates (subject to hydrolysis) is 1. The first kappa shape index (κ1) is 21.2. The van der Waals surface area contributed by atoms with Gasteiger partial charge < -0.3 is 20.7 Å². The van der Waals surface area contributed by atoms with E-state index in [1.165, 1.54) is 0 Å². The van der Waals surface area contributed by atoms with Crippen LogP contribution in [0.5, 0.6) is 0 Å². The van der Waals surface area contributed by atoms with Gasteiger partial charge in [-0.05, 0) is 40.0 Å². The standard InChI is InChI=1S/C16H31N3O4/c1-8-9-17-13(20)11(4)18-14(21)12(10(2)3)19-15(22)23-16(5,6)7/h10-12H,8-9H2,1-7H3,(H,17,20)(H,18,21)(H,19,22)/t11-,12-/m0/s1. The molecule has 0 spiro atoms. The lowest BCUT2D eigenvalue weighted by molar-refractivity contribution is -0.130. The molecule has 0 aliphatic carbocycles. The molecule has 0 aliphatic rings. The van der Waals surface area contributed by atoms with E-state index < -0.39 is 29.7 Å². The highest BCUT2D eigenvalue weighted by Crippen LogP contribution is 2.09. The highest BCUT2D eigenvalue weighted by molar-refractivity contribution is 5.91. The van der Waals surface area contributed by atoms with Crippen LogP contribution in [-0.2, 0) is 14.3 Å². The van der Waals surface area contributed by atoms with Gasteiger partial charge >= 0.3 is 6.09 Å². The molecule has 0 aromatic heterocycles. The molecule has 0 saturated heterocycles. The van der Waals surface area contributed by atoms with Crippen LogP contribution in [0.4, 0.5) is 4.79 Å². The summed E-state index contributed by atoms with van der Waals surface area (Å²) in [4.78, 5) is 36.0. The van der Waals surface area contributed by atoms with Crippen molar-refractivity contribution >= 4 is 17.9 Å². The normalized spacial score (nSPS) is 13.9. The Morgan fingerprint density at radius 1 is 1.00 bits per heavy atom. The fourth-order valence-electron chi connectivity index (χ4n) is 1.74. The fourth-order valence-corrected chi connectivity index (χ4v) is 1.74. The molecule has 2 atom stereocenters. The summed E-state index contributed by atoms with van der Waals surface area (Å²) in [6, 6.07) is -1.44. The minimum Gasteiger partial charge on any atom is -0.444 e. The second-order valence-electron chi connectivity index (χ2n) is 6.89. The predicted molar refractivity (Wildman–Crippen MR) is 88.9 cm³/mol. The quantitative estimate of drug-likeness (QED) is 0.660. The first-order valence-corrected chi connectivity index (χ1v) is 8.05. The number of carbonyl (C=O) groups excluding carboxylic acids is 3. The average Bonchev–Trinajstić information content (AvgIpc) is 2.39. The Morgan fingerprint density at radius 2 is 1.57 bits per heavy atom. The van der Waals surface area contributed by atoms with Gasteiger partial charge in [0.1, 0.15) is 17.7 Å². The summed E-state index contributed by atoms with van der Waals surface area (Å²) in [6.07, 6.45) is 0.163. The largest absolute Gasteiger partial charge is 0.444 e. The second kappa shape index (κ2) is 9.37. The summed E-state index contributed by atoms with van der Waals surface area (Å²) < 4.78 is 5.16. The zero-order chi connectivity index (χ0) is 18.2. The maximum absolute atomic E-state index is 12.3. The van der Waals surface area contributed by atoms with Gasteiger partial charge in [-0.25, -0.2) is 4.79 Å². The molecule has 3 amide bonds. The van der Waals surface area contributed by atoms with Crippen molar-refractivity contribution in [3.05, 3.63) is 0 Å². The van der Waals surface area contributed by atoms with Crippen LogP contribution in [0.25, 0.3) is 0 Å². The number of carbonyl (C=O) groups is 3. The van der Waals surface area contributed by atoms with E-state index >= 15 is 0 Å². The van der Waals surface area contributed by atoms with E-state index in [9.17, 15) is 14.4 Å². The fraction of sp³-hybridized carbons (Fsp3) is 0.812. The lowest BCUT2D eigenvalue weighted by Gasteiger charge is -2.26. The van der Waals surface area contributed by atoms with Crippen molar-refractivity contribution in [2.24, 2.45) is 5.92 Å². The number of ether oxygens (including phenoxy) is 1. The van der Waals surface area contributed by atoms with E-state index in [-0.39, 0.29) is 11.8 Å². The molecule has 0 saturated carbocycles. The molecule has 0 aromatic rings. The van der Waals surface area contributed by atoms with E-state index in [0.717, 1.165) is 6.42 Å². The minimum atomic E-state index is -0.772. The van der Waals surface area contributed by atoms with Gasteiger partial charge in [-0.2, -0.15) is 0 Å². The summed E-state index contributed by atoms with van der Waals surface area (Å²) in [5.41, 5.74) is -0.643. The van der Waals surface area contributed by atoms with E-state index in [2.05, 4.69) is 16.0 Å². The third-order valence-electron chi connectivity index (χ3n) is 2.92. The second-order valence-corrected chi connectivity index (χ2v) is 6.89. The Kier molecular flexibility index (Phi) is 8.64. The van der Waals surface area contributed by atoms with Gasteiger partial charge in [0.2, 0.25) is 11.8 Å². The topological polar surface area (TPSA) is 96.5 Å². The van der Waals surface area contributed by atoms with Crippen LogP contribution < -0.4 is 16.0 Å². The third-order valence-corrected chi connectivity index (χ3v) is 2.92. The molecular formula is C16H31N3O4. The van der Waals surface area contributed by atoms with Crippen LogP contribution in [-0.4, -0.2) is 42.1 Å². The molecule has 0 aromatic carbocycles. The van der Waals surface area contributed by atoms with Gasteiger partial charge in [0.25, 0.3) is 0 Å². The van der Waals surface area contributed by atoms with Crippen molar-refractivity contribution in [2.45, 2.75) is 72.6 Å². The molecule has 7 heteroatoms. The smallest absolute Gasteiger partial charge is 0.408 e. The minimum absolute atomic E-state index is 0.145. The zero-order valence-corrected chi connectivity index (χ0v) is 15.3. The summed E-state index contributed by atoms with van der Waals surface area (Å²) in [5.74, 6) is -0.807. The summed E-state index contributed by atoms with van der Waals surface area (Å²) in [7, 11) is 0. The van der Waals surface area contributed by atoms with Crippen LogP contribution in [0.15, 0.2) is 0 Å². The van der Waals surface area contributed by atoms with Crippen LogP contribution in [0.1, 0.15) is 54.9 Å². The van der Waals surface area contributed by atoms with Crippen molar-refractivity contribution in [2.75, 3.05) is 6.54 Å². The van der Waals surface area contributed by atoms with E-state index in [1.54, 1.807) is 27.7 Å². The molecule has 0 heterocycles. The number of hydrogen-bond donors (Lipinski definition) is 3. The number of rotatable bonds is 7. The Labute approximate surface area is 138 Å². The summed E-state index contributed by atoms with van der Waals surface area (Å²) in [6.45, 7) is 13.0. The highest BCUT2D eigenvalue weighted by Gasteiger charge is 2.28. The SMILES string of the molecule is CCCNC(=O)[C@H](C)NC(=O)[C@@H](NC(=O)OC(C)(C)C)C(C)C. The van der Waals surface area contributed by atoms with Gasteiger partial charge in [0.05, 0.1) is 0 Å². The number of nitrogens with one attached hydrogen (secondary N) is 3. The first-order chi connectivity index (χ1) is 10.5. The molecular weight excluding hydrogens is 298 g/mol. The van der Waals surface area contributed by atoms with Crippen LogP contribution in [0.3, 0.4) is 0 Å². The van der Waals surface area contributed by atoms with E-state index in [0.29, 0.717) is 6.54 Å². The molecule has 0 rings (SSSR count). The molecule has 0 bridgehead atoms. The molecule has 23 heavy (non-hydrogen) atoms. The third kappa shape index (κ3) is 9.05. The maximum atomic E-state index is 12.3. The molecule has 0 radical (unpaired) electrons. The molecule has 0 aliphatic heterocycles. The Morgan fingerprint density at radius 3 is 2.00 bits per heavy atom. The van der Waals surface area contributed by atoms with E-state index in [4.69, 9.17) is 4.74 Å². The number of amides is 3. The number of hydrogen-bond acceptors (Lipinski definition) is 4. The Bertz CT molecular complexity index is 416. The van der Waals surface area contributed by atoms with Crippen molar-refractivity contribution < 1.29 is 19.1 Å². The van der Waals surface area contributed by atoms with Gasteiger partial charge in [-0.15, -0.1) is 0 Å². The zero-order valence-electron chi connectivity index (χ0n) is 15.3. The van der Waals surface area contributed by atoms with Gasteiger partial charge in [0, 0.05) is 6.54 Å². The highest BCUT2D eigenvalue weighted by atomic mass is 16.6. The lowest BCUT2D eigenvalue weighted by Crippen LogP contribution is -2.55. The summed E-state index contributed by atoms with van der Waals surface area (Å²) in [5, 5.41) is 7.88. The first-order valence-electron chi connectivity index (χ1n) is 8.05. The Hall–Kier alpha value is -1.79. The molecule has 134 valence electrons. The monoisotopic (exact) mass is 329 g/mol. The van der Waals surface area contributed by atoms with Crippen molar-refractivity contribution in [3.8, 4) is 0 Å². The Balaban J connectivity index is 4.68. The summed E-state index contributed by atoms with van der Waals surface area (Å²) >= 11 is 0. The molecule has 0 fully saturated rings. The van der Waals surface area contributed by atoms with Crippen molar-refractivity contribution in [1.29, 1.82) is 0 Å². The molecule has 3 N–H and O–H groups in total. The van der Waals surface area contributed by atoms with Crippen molar-refractivity contribution in [1.82, 2.24) is 16.0 Å². The molecule has 0 unspecified atom stereocenters. The van der Waals surface area contributed by atoms with Crippen LogP contribution in [0, 0.1) is 5.92 Å². The maximum Gasteiger partial charge on any atom is 0.408 e. The van der Waals surface area contributed by atoms with Gasteiger partial charge in [-0.1, -0.05) is 20.8 Å². The molecule has 7 nitrogen and oxygen atoms in total. The van der Waals surface area contributed by atoms with E-state index in [1.807, 2.05) is 20.8 Å². The average molecular weight is 329 g/mol. The predicted octanol–water partition coefficient (Wildman–Crippen LogP) is 1.57. The van der Waals surface area contributed by atoms with Gasteiger partial charge in [-0.3, -0.25) is 9.59 Å².